The average Bonchev–Trinajstić information content (AvgIpc) is 2.89. The highest BCUT2D eigenvalue weighted by Gasteiger charge is 2.17. The number of hydrogen-bond acceptors (Lipinski definition) is 2. The molecular formula is C20H28FN3. The van der Waals surface area contributed by atoms with Crippen molar-refractivity contribution in [3.8, 4) is 0 Å². The predicted molar refractivity (Wildman–Crippen MR) is 99.7 cm³/mol. The van der Waals surface area contributed by atoms with Gasteiger partial charge in [-0.2, -0.15) is 5.10 Å². The lowest BCUT2D eigenvalue weighted by molar-refractivity contribution is 0.266. The van der Waals surface area contributed by atoms with E-state index in [1.807, 2.05) is 16.8 Å². The summed E-state index contributed by atoms with van der Waals surface area (Å²) in [7, 11) is 0. The first-order valence-electron chi connectivity index (χ1n) is 8.59. The van der Waals surface area contributed by atoms with Crippen molar-refractivity contribution in [1.29, 1.82) is 0 Å². The van der Waals surface area contributed by atoms with Crippen molar-refractivity contribution in [2.75, 3.05) is 0 Å². The van der Waals surface area contributed by atoms with Gasteiger partial charge in [-0.05, 0) is 62.9 Å². The lowest BCUT2D eigenvalue weighted by Crippen LogP contribution is -2.22. The highest BCUT2D eigenvalue weighted by molar-refractivity contribution is 5.80. The summed E-state index contributed by atoms with van der Waals surface area (Å²) in [5, 5.41) is 5.80. The molecule has 0 aliphatic rings. The number of aryl methyl sites for hydroxylation is 2. The third-order valence-electron chi connectivity index (χ3n) is 4.19. The van der Waals surface area contributed by atoms with E-state index < -0.39 is 5.67 Å². The monoisotopic (exact) mass is 329 g/mol. The molecule has 2 rings (SSSR count). The van der Waals surface area contributed by atoms with Crippen molar-refractivity contribution in [3.05, 3.63) is 53.4 Å². The maximum atomic E-state index is 13.6. The SMILES string of the molecule is CCCCn1cc2cc(C/C=C\C=C(/N)C(C)(C)F)c(C)cc2n1. The zero-order chi connectivity index (χ0) is 17.7. The molecule has 24 heavy (non-hydrogen) atoms. The molecule has 0 saturated heterocycles. The quantitative estimate of drug-likeness (QED) is 0.739. The van der Waals surface area contributed by atoms with E-state index in [9.17, 15) is 4.39 Å². The van der Waals surface area contributed by atoms with Crippen LogP contribution < -0.4 is 5.73 Å². The van der Waals surface area contributed by atoms with E-state index in [-0.39, 0.29) is 5.70 Å². The van der Waals surface area contributed by atoms with Gasteiger partial charge in [0, 0.05) is 23.8 Å². The van der Waals surface area contributed by atoms with E-state index >= 15 is 0 Å². The van der Waals surface area contributed by atoms with Gasteiger partial charge in [-0.1, -0.05) is 25.5 Å². The number of halogens is 1. The van der Waals surface area contributed by atoms with E-state index in [0.717, 1.165) is 31.3 Å². The van der Waals surface area contributed by atoms with Crippen LogP contribution in [0.25, 0.3) is 10.9 Å². The molecule has 0 radical (unpaired) electrons. The molecule has 0 aliphatic carbocycles. The zero-order valence-corrected chi connectivity index (χ0v) is 15.1. The zero-order valence-electron chi connectivity index (χ0n) is 15.1. The molecule has 0 bridgehead atoms. The lowest BCUT2D eigenvalue weighted by atomic mass is 10.0. The van der Waals surface area contributed by atoms with Crippen LogP contribution in [-0.2, 0) is 13.0 Å². The van der Waals surface area contributed by atoms with Gasteiger partial charge in [0.05, 0.1) is 5.52 Å². The van der Waals surface area contributed by atoms with Crippen molar-refractivity contribution in [1.82, 2.24) is 9.78 Å². The third-order valence-corrected chi connectivity index (χ3v) is 4.19. The topological polar surface area (TPSA) is 43.8 Å². The predicted octanol–water partition coefficient (Wildman–Crippen LogP) is 4.83. The third kappa shape index (κ3) is 4.70. The fourth-order valence-electron chi connectivity index (χ4n) is 2.49. The molecule has 0 amide bonds. The van der Waals surface area contributed by atoms with Crippen molar-refractivity contribution in [3.63, 3.8) is 0 Å². The number of allylic oxidation sites excluding steroid dienone is 4. The second-order valence-corrected chi connectivity index (χ2v) is 6.81. The summed E-state index contributed by atoms with van der Waals surface area (Å²) in [5.74, 6) is 0. The fourth-order valence-corrected chi connectivity index (χ4v) is 2.49. The minimum absolute atomic E-state index is 0.239. The molecule has 0 atom stereocenters. The number of rotatable bonds is 7. The number of nitrogens with two attached hydrogens (primary N) is 1. The Kier molecular flexibility index (Phi) is 5.81. The molecule has 4 heteroatoms. The van der Waals surface area contributed by atoms with Gasteiger partial charge in [-0.25, -0.2) is 4.39 Å². The number of aromatic nitrogens is 2. The van der Waals surface area contributed by atoms with Crippen LogP contribution in [0.3, 0.4) is 0 Å². The number of fused-ring (bicyclic) bond motifs is 1. The number of nitrogens with zero attached hydrogens (tertiary/aromatic N) is 2. The largest absolute Gasteiger partial charge is 0.399 e. The minimum Gasteiger partial charge on any atom is -0.399 e. The molecule has 130 valence electrons. The Balaban J connectivity index is 2.13. The van der Waals surface area contributed by atoms with Crippen LogP contribution in [0.5, 0.6) is 0 Å². The molecule has 1 heterocycles. The summed E-state index contributed by atoms with van der Waals surface area (Å²) in [6.45, 7) is 8.16. The summed E-state index contributed by atoms with van der Waals surface area (Å²) in [4.78, 5) is 0. The maximum Gasteiger partial charge on any atom is 0.144 e. The van der Waals surface area contributed by atoms with E-state index in [4.69, 9.17) is 5.73 Å². The van der Waals surface area contributed by atoms with Gasteiger partial charge < -0.3 is 5.73 Å². The van der Waals surface area contributed by atoms with Gasteiger partial charge in [-0.3, -0.25) is 4.68 Å². The average molecular weight is 329 g/mol. The van der Waals surface area contributed by atoms with E-state index in [0.29, 0.717) is 0 Å². The van der Waals surface area contributed by atoms with Crippen LogP contribution in [0.1, 0.15) is 44.7 Å². The van der Waals surface area contributed by atoms with E-state index in [2.05, 4.69) is 37.3 Å². The second-order valence-electron chi connectivity index (χ2n) is 6.81. The molecule has 0 spiro atoms. The van der Waals surface area contributed by atoms with Crippen LogP contribution >= 0.6 is 0 Å². The van der Waals surface area contributed by atoms with Crippen molar-refractivity contribution >= 4 is 10.9 Å². The van der Waals surface area contributed by atoms with Crippen molar-refractivity contribution < 1.29 is 4.39 Å². The molecular weight excluding hydrogens is 301 g/mol. The van der Waals surface area contributed by atoms with Crippen molar-refractivity contribution in [2.45, 2.75) is 59.2 Å². The van der Waals surface area contributed by atoms with Crippen LogP contribution in [0, 0.1) is 6.92 Å². The van der Waals surface area contributed by atoms with Gasteiger partial charge >= 0.3 is 0 Å². The van der Waals surface area contributed by atoms with Gasteiger partial charge in [0.1, 0.15) is 5.67 Å². The summed E-state index contributed by atoms with van der Waals surface area (Å²) in [5.41, 5.74) is 7.97. The maximum absolute atomic E-state index is 13.6. The first kappa shape index (κ1) is 18.2. The van der Waals surface area contributed by atoms with Crippen LogP contribution in [0.4, 0.5) is 4.39 Å². The Morgan fingerprint density at radius 3 is 2.79 bits per heavy atom. The molecule has 0 fully saturated rings. The number of unbranched alkanes of at least 4 members (excludes halogenated alkanes) is 1. The standard InChI is InChI=1S/C20H28FN3/c1-5-6-11-24-14-17-13-16(15(2)12-18(17)23-24)9-7-8-10-19(22)20(3,4)21/h7-8,10,12-14H,5-6,9,11,22H2,1-4H3/b8-7-,19-10-. The number of hydrogen-bond donors (Lipinski definition) is 1. The Bertz CT molecular complexity index is 748. The van der Waals surface area contributed by atoms with E-state index in [1.54, 1.807) is 6.08 Å². The summed E-state index contributed by atoms with van der Waals surface area (Å²) >= 11 is 0. The first-order valence-corrected chi connectivity index (χ1v) is 8.59. The Morgan fingerprint density at radius 1 is 1.38 bits per heavy atom. The van der Waals surface area contributed by atoms with Gasteiger partial charge in [-0.15, -0.1) is 0 Å². The smallest absolute Gasteiger partial charge is 0.144 e. The van der Waals surface area contributed by atoms with Crippen LogP contribution in [0.2, 0.25) is 0 Å². The summed E-state index contributed by atoms with van der Waals surface area (Å²) in [6.07, 6.45) is 10.7. The molecule has 3 nitrogen and oxygen atoms in total. The number of alkyl halides is 1. The first-order chi connectivity index (χ1) is 11.3. The van der Waals surface area contributed by atoms with Gasteiger partial charge in [0.25, 0.3) is 0 Å². The lowest BCUT2D eigenvalue weighted by Gasteiger charge is -2.13. The highest BCUT2D eigenvalue weighted by Crippen LogP contribution is 2.20. The highest BCUT2D eigenvalue weighted by atomic mass is 19.1. The second kappa shape index (κ2) is 7.65. The van der Waals surface area contributed by atoms with Gasteiger partial charge in [0.2, 0.25) is 0 Å². The molecule has 1 aromatic carbocycles. The Hall–Kier alpha value is -2.10. The molecule has 2 N–H and O–H groups in total. The normalized spacial score (nSPS) is 13.3. The van der Waals surface area contributed by atoms with E-state index in [1.165, 1.54) is 30.4 Å². The fraction of sp³-hybridized carbons (Fsp3) is 0.450. The van der Waals surface area contributed by atoms with Crippen LogP contribution in [-0.4, -0.2) is 15.4 Å². The molecule has 0 unspecified atom stereocenters. The molecule has 2 aromatic rings. The summed E-state index contributed by atoms with van der Waals surface area (Å²) in [6, 6.07) is 4.33. The number of benzene rings is 1. The van der Waals surface area contributed by atoms with Crippen molar-refractivity contribution in [2.24, 2.45) is 5.73 Å². The Labute approximate surface area is 144 Å². The van der Waals surface area contributed by atoms with Crippen LogP contribution in [0.15, 0.2) is 42.3 Å². The van der Waals surface area contributed by atoms with Gasteiger partial charge in [0.15, 0.2) is 0 Å². The molecule has 0 saturated carbocycles. The minimum atomic E-state index is -1.48. The molecule has 1 aromatic heterocycles. The Morgan fingerprint density at radius 2 is 2.12 bits per heavy atom. The molecule has 0 aliphatic heterocycles. The summed E-state index contributed by atoms with van der Waals surface area (Å²) < 4.78 is 15.7.